The summed E-state index contributed by atoms with van der Waals surface area (Å²) in [6.45, 7) is 7.51. The van der Waals surface area contributed by atoms with Gasteiger partial charge in [0.15, 0.2) is 0 Å². The molecule has 6 heteroatoms. The third kappa shape index (κ3) is 2.58. The van der Waals surface area contributed by atoms with Crippen LogP contribution in [-0.2, 0) is 9.53 Å². The van der Waals surface area contributed by atoms with Gasteiger partial charge in [-0.3, -0.25) is 9.59 Å². The molecular weight excluding hydrogens is 322 g/mol. The minimum atomic E-state index is -0.619. The van der Waals surface area contributed by atoms with Gasteiger partial charge in [0, 0.05) is 18.2 Å². The van der Waals surface area contributed by atoms with E-state index in [1.165, 1.54) is 6.07 Å². The molecule has 2 bridgehead atoms. The number of aryl methyl sites for hydroxylation is 2. The van der Waals surface area contributed by atoms with Crippen molar-refractivity contribution in [2.75, 3.05) is 6.61 Å². The summed E-state index contributed by atoms with van der Waals surface area (Å²) >= 11 is 0. The van der Waals surface area contributed by atoms with Crippen molar-refractivity contribution in [3.8, 4) is 0 Å². The van der Waals surface area contributed by atoms with Crippen LogP contribution in [0.1, 0.15) is 61.2 Å². The number of rotatable bonds is 4. The van der Waals surface area contributed by atoms with E-state index in [4.69, 9.17) is 9.15 Å². The van der Waals surface area contributed by atoms with Crippen LogP contribution in [-0.4, -0.2) is 35.5 Å². The lowest BCUT2D eigenvalue weighted by molar-refractivity contribution is -0.157. The molecule has 0 N–H and O–H groups in total. The Morgan fingerprint density at radius 2 is 2.04 bits per heavy atom. The maximum Gasteiger partial charge on any atom is 0.336 e. The Bertz CT molecular complexity index is 741. The third-order valence-corrected chi connectivity index (χ3v) is 5.84. The van der Waals surface area contributed by atoms with Gasteiger partial charge >= 0.3 is 11.6 Å². The fourth-order valence-electron chi connectivity index (χ4n) is 4.71. The predicted octanol–water partition coefficient (Wildman–Crippen LogP) is 2.59. The standard InChI is InChI=1S/C19H25NO5/c1-5-19(18(23)24-6-2)10-13-7-8-14(19)20(13)17(22)16-11(3)9-15(21)25-12(16)4/h9,13-14H,5-8,10H2,1-4H3/t13-,14+,19+/m1/s1. The highest BCUT2D eigenvalue weighted by Crippen LogP contribution is 2.53. The molecule has 1 aromatic heterocycles. The van der Waals surface area contributed by atoms with Crippen LogP contribution in [0.15, 0.2) is 15.3 Å². The van der Waals surface area contributed by atoms with E-state index in [9.17, 15) is 14.4 Å². The number of hydrogen-bond donors (Lipinski definition) is 0. The summed E-state index contributed by atoms with van der Waals surface area (Å²) in [6.07, 6.45) is 3.00. The first-order chi connectivity index (χ1) is 11.9. The molecule has 2 fully saturated rings. The first-order valence-electron chi connectivity index (χ1n) is 8.97. The lowest BCUT2D eigenvalue weighted by Gasteiger charge is -2.34. The summed E-state index contributed by atoms with van der Waals surface area (Å²) in [5.74, 6) is -0.0130. The van der Waals surface area contributed by atoms with E-state index in [0.29, 0.717) is 36.3 Å². The van der Waals surface area contributed by atoms with Crippen LogP contribution in [0.25, 0.3) is 0 Å². The van der Waals surface area contributed by atoms with E-state index in [-0.39, 0.29) is 24.0 Å². The summed E-state index contributed by atoms with van der Waals surface area (Å²) in [7, 11) is 0. The average Bonchev–Trinajstić information content (AvgIpc) is 3.10. The molecule has 3 heterocycles. The van der Waals surface area contributed by atoms with Gasteiger partial charge in [-0.15, -0.1) is 0 Å². The first kappa shape index (κ1) is 17.7. The first-order valence-corrected chi connectivity index (χ1v) is 8.97. The molecule has 6 nitrogen and oxygen atoms in total. The Balaban J connectivity index is 1.98. The van der Waals surface area contributed by atoms with Crippen LogP contribution in [0.2, 0.25) is 0 Å². The van der Waals surface area contributed by atoms with E-state index >= 15 is 0 Å². The third-order valence-electron chi connectivity index (χ3n) is 5.84. The molecule has 136 valence electrons. The van der Waals surface area contributed by atoms with E-state index in [1.54, 1.807) is 20.8 Å². The van der Waals surface area contributed by atoms with Crippen molar-refractivity contribution in [2.45, 2.75) is 65.5 Å². The molecule has 3 rings (SSSR count). The molecule has 0 aliphatic carbocycles. The van der Waals surface area contributed by atoms with Gasteiger partial charge in [0.2, 0.25) is 0 Å². The van der Waals surface area contributed by atoms with Gasteiger partial charge in [0.05, 0.1) is 17.6 Å². The lowest BCUT2D eigenvalue weighted by Crippen LogP contribution is -2.46. The SMILES string of the molecule is CCOC(=O)[C@@]1(CC)C[C@H]2CC[C@@H]1N2C(=O)c1c(C)cc(=O)oc1C. The van der Waals surface area contributed by atoms with Crippen molar-refractivity contribution >= 4 is 11.9 Å². The number of ether oxygens (including phenoxy) is 1. The number of nitrogens with zero attached hydrogens (tertiary/aromatic N) is 1. The number of carbonyl (C=O) groups is 2. The van der Waals surface area contributed by atoms with Crippen LogP contribution in [0, 0.1) is 19.3 Å². The molecule has 2 aliphatic heterocycles. The molecule has 0 spiro atoms. The van der Waals surface area contributed by atoms with Crippen LogP contribution >= 0.6 is 0 Å². The van der Waals surface area contributed by atoms with Crippen molar-refractivity contribution in [2.24, 2.45) is 5.41 Å². The lowest BCUT2D eigenvalue weighted by atomic mass is 9.72. The highest BCUT2D eigenvalue weighted by molar-refractivity contribution is 5.98. The zero-order valence-corrected chi connectivity index (χ0v) is 15.3. The molecule has 1 amide bonds. The molecule has 0 radical (unpaired) electrons. The Kier molecular flexibility index (Phi) is 4.47. The van der Waals surface area contributed by atoms with Crippen LogP contribution in [0.5, 0.6) is 0 Å². The van der Waals surface area contributed by atoms with Gasteiger partial charge in [-0.1, -0.05) is 6.92 Å². The Hall–Kier alpha value is -2.11. The van der Waals surface area contributed by atoms with Crippen LogP contribution < -0.4 is 5.63 Å². The van der Waals surface area contributed by atoms with Gasteiger partial charge in [-0.2, -0.15) is 0 Å². The van der Waals surface area contributed by atoms with Gasteiger partial charge in [0.25, 0.3) is 5.91 Å². The second kappa shape index (κ2) is 6.32. The topological polar surface area (TPSA) is 76.8 Å². The minimum absolute atomic E-state index is 0.0348. The highest BCUT2D eigenvalue weighted by atomic mass is 16.5. The Morgan fingerprint density at radius 3 is 2.64 bits per heavy atom. The maximum atomic E-state index is 13.3. The largest absolute Gasteiger partial charge is 0.466 e. The van der Waals surface area contributed by atoms with Crippen molar-refractivity contribution in [1.29, 1.82) is 0 Å². The fourth-order valence-corrected chi connectivity index (χ4v) is 4.71. The number of carbonyl (C=O) groups excluding carboxylic acids is 2. The van der Waals surface area contributed by atoms with E-state index in [2.05, 4.69) is 0 Å². The Morgan fingerprint density at radius 1 is 1.32 bits per heavy atom. The van der Waals surface area contributed by atoms with E-state index in [0.717, 1.165) is 12.8 Å². The molecule has 2 aliphatic rings. The van der Waals surface area contributed by atoms with E-state index < -0.39 is 11.0 Å². The average molecular weight is 347 g/mol. The number of amides is 1. The number of fused-ring (bicyclic) bond motifs is 2. The van der Waals surface area contributed by atoms with Crippen molar-refractivity contribution < 1.29 is 18.7 Å². The molecule has 3 atom stereocenters. The van der Waals surface area contributed by atoms with Crippen molar-refractivity contribution in [3.05, 3.63) is 33.4 Å². The quantitative estimate of drug-likeness (QED) is 0.783. The molecular formula is C19H25NO5. The molecule has 1 aromatic rings. The molecule has 25 heavy (non-hydrogen) atoms. The second-order valence-corrected chi connectivity index (χ2v) is 7.07. The molecule has 0 saturated carbocycles. The second-order valence-electron chi connectivity index (χ2n) is 7.07. The summed E-state index contributed by atoms with van der Waals surface area (Å²) in [6, 6.07) is 1.23. The zero-order chi connectivity index (χ0) is 18.4. The minimum Gasteiger partial charge on any atom is -0.466 e. The predicted molar refractivity (Wildman–Crippen MR) is 91.4 cm³/mol. The number of esters is 1. The van der Waals surface area contributed by atoms with Crippen molar-refractivity contribution in [1.82, 2.24) is 4.90 Å². The van der Waals surface area contributed by atoms with Gasteiger partial charge in [-0.05, 0) is 52.0 Å². The van der Waals surface area contributed by atoms with Crippen LogP contribution in [0.3, 0.4) is 0 Å². The monoisotopic (exact) mass is 347 g/mol. The van der Waals surface area contributed by atoms with Crippen LogP contribution in [0.4, 0.5) is 0 Å². The fraction of sp³-hybridized carbons (Fsp3) is 0.632. The summed E-state index contributed by atoms with van der Waals surface area (Å²) < 4.78 is 10.5. The summed E-state index contributed by atoms with van der Waals surface area (Å²) in [5, 5.41) is 0. The smallest absolute Gasteiger partial charge is 0.336 e. The van der Waals surface area contributed by atoms with Gasteiger partial charge in [0.1, 0.15) is 5.76 Å². The molecule has 0 aromatic carbocycles. The zero-order valence-electron chi connectivity index (χ0n) is 15.3. The van der Waals surface area contributed by atoms with Gasteiger partial charge < -0.3 is 14.1 Å². The van der Waals surface area contributed by atoms with Gasteiger partial charge in [-0.25, -0.2) is 4.79 Å². The summed E-state index contributed by atoms with van der Waals surface area (Å²) in [5.41, 5.74) is -0.0210. The van der Waals surface area contributed by atoms with E-state index in [1.807, 2.05) is 11.8 Å². The van der Waals surface area contributed by atoms with Crippen molar-refractivity contribution in [3.63, 3.8) is 0 Å². The normalized spacial score (nSPS) is 27.6. The molecule has 2 saturated heterocycles. The summed E-state index contributed by atoms with van der Waals surface area (Å²) in [4.78, 5) is 39.3. The Labute approximate surface area is 147 Å². The molecule has 0 unspecified atom stereocenters. The number of hydrogen-bond acceptors (Lipinski definition) is 5. The maximum absolute atomic E-state index is 13.3. The highest BCUT2D eigenvalue weighted by Gasteiger charge is 2.61.